The van der Waals surface area contributed by atoms with E-state index in [0.29, 0.717) is 22.1 Å². The zero-order valence-corrected chi connectivity index (χ0v) is 15.9. The molecule has 0 unspecified atom stereocenters. The van der Waals surface area contributed by atoms with Gasteiger partial charge in [0, 0.05) is 4.90 Å². The summed E-state index contributed by atoms with van der Waals surface area (Å²) in [4.78, 5) is 28.0. The summed E-state index contributed by atoms with van der Waals surface area (Å²) >= 11 is 1.22. The SMILES string of the molecule is O=c1[nH]c(=O)n(COCc2ccccc2)c(Sc2cccc(F)c2)c1C1CC1. The molecule has 5 nitrogen and oxygen atoms in total. The van der Waals surface area contributed by atoms with E-state index in [4.69, 9.17) is 4.74 Å². The Bertz CT molecular complexity index is 1090. The molecule has 1 saturated carbocycles. The Labute approximate surface area is 165 Å². The molecular weight excluding hydrogens is 379 g/mol. The normalized spacial score (nSPS) is 13.6. The number of benzene rings is 2. The van der Waals surface area contributed by atoms with E-state index in [9.17, 15) is 14.0 Å². The Kier molecular flexibility index (Phi) is 5.45. The highest BCUT2D eigenvalue weighted by Gasteiger charge is 2.31. The van der Waals surface area contributed by atoms with Crippen molar-refractivity contribution in [3.63, 3.8) is 0 Å². The molecule has 0 bridgehead atoms. The molecule has 1 aromatic heterocycles. The van der Waals surface area contributed by atoms with Crippen LogP contribution in [-0.4, -0.2) is 9.55 Å². The van der Waals surface area contributed by atoms with Gasteiger partial charge in [0.1, 0.15) is 12.5 Å². The monoisotopic (exact) mass is 398 g/mol. The topological polar surface area (TPSA) is 64.1 Å². The van der Waals surface area contributed by atoms with E-state index in [1.54, 1.807) is 12.1 Å². The van der Waals surface area contributed by atoms with Crippen LogP contribution in [0.25, 0.3) is 0 Å². The minimum atomic E-state index is -0.527. The van der Waals surface area contributed by atoms with Gasteiger partial charge < -0.3 is 4.74 Å². The van der Waals surface area contributed by atoms with Gasteiger partial charge in [0.05, 0.1) is 17.2 Å². The van der Waals surface area contributed by atoms with Crippen LogP contribution in [0.15, 0.2) is 74.1 Å². The van der Waals surface area contributed by atoms with Gasteiger partial charge in [0.15, 0.2) is 0 Å². The molecule has 7 heteroatoms. The van der Waals surface area contributed by atoms with Gasteiger partial charge in [-0.25, -0.2) is 9.18 Å². The molecule has 1 N–H and O–H groups in total. The lowest BCUT2D eigenvalue weighted by Gasteiger charge is -2.16. The molecule has 0 radical (unpaired) electrons. The fourth-order valence-electron chi connectivity index (χ4n) is 3.00. The first kappa shape index (κ1) is 18.7. The van der Waals surface area contributed by atoms with Gasteiger partial charge in [-0.1, -0.05) is 48.2 Å². The molecule has 0 spiro atoms. The van der Waals surface area contributed by atoms with Crippen molar-refractivity contribution < 1.29 is 9.13 Å². The highest BCUT2D eigenvalue weighted by molar-refractivity contribution is 7.99. The summed E-state index contributed by atoms with van der Waals surface area (Å²) in [6.07, 6.45) is 1.81. The number of rotatable bonds is 7. The average molecular weight is 398 g/mol. The Balaban J connectivity index is 1.67. The Hall–Kier alpha value is -2.64. The summed E-state index contributed by atoms with van der Waals surface area (Å²) < 4.78 is 20.8. The van der Waals surface area contributed by atoms with Gasteiger partial charge in [-0.3, -0.25) is 14.3 Å². The molecule has 144 valence electrons. The number of H-pyrrole nitrogens is 1. The molecule has 0 aliphatic heterocycles. The van der Waals surface area contributed by atoms with Gasteiger partial charge >= 0.3 is 5.69 Å². The van der Waals surface area contributed by atoms with Gasteiger partial charge in [0.25, 0.3) is 5.56 Å². The highest BCUT2D eigenvalue weighted by atomic mass is 32.2. The molecule has 1 aliphatic carbocycles. The zero-order valence-electron chi connectivity index (χ0n) is 15.1. The van der Waals surface area contributed by atoms with Gasteiger partial charge in [-0.2, -0.15) is 0 Å². The van der Waals surface area contributed by atoms with E-state index in [-0.39, 0.29) is 24.0 Å². The second kappa shape index (κ2) is 8.16. The van der Waals surface area contributed by atoms with E-state index < -0.39 is 5.69 Å². The second-order valence-electron chi connectivity index (χ2n) is 6.70. The third kappa shape index (κ3) is 4.26. The minimum absolute atomic E-state index is 0.00186. The molecule has 28 heavy (non-hydrogen) atoms. The summed E-state index contributed by atoms with van der Waals surface area (Å²) in [5.41, 5.74) is 0.672. The Morgan fingerprint density at radius 3 is 2.61 bits per heavy atom. The number of nitrogens with one attached hydrogen (secondary N) is 1. The van der Waals surface area contributed by atoms with E-state index in [1.807, 2.05) is 30.3 Å². The number of halogens is 1. The maximum Gasteiger partial charge on any atom is 0.331 e. The van der Waals surface area contributed by atoms with Gasteiger partial charge in [-0.15, -0.1) is 0 Å². The van der Waals surface area contributed by atoms with E-state index in [1.165, 1.54) is 28.5 Å². The number of hydrogen-bond acceptors (Lipinski definition) is 4. The number of ether oxygens (including phenoxy) is 1. The number of hydrogen-bond donors (Lipinski definition) is 1. The van der Waals surface area contributed by atoms with Crippen LogP contribution >= 0.6 is 11.8 Å². The van der Waals surface area contributed by atoms with Crippen LogP contribution in [0, 0.1) is 5.82 Å². The summed E-state index contributed by atoms with van der Waals surface area (Å²) in [5, 5.41) is 0.523. The number of nitrogens with zero attached hydrogens (tertiary/aromatic N) is 1. The summed E-state index contributed by atoms with van der Waals surface area (Å²) in [5.74, 6) is -0.238. The predicted molar refractivity (Wildman–Crippen MR) is 105 cm³/mol. The molecule has 2 aromatic carbocycles. The Morgan fingerprint density at radius 2 is 1.89 bits per heavy atom. The van der Waals surface area contributed by atoms with E-state index >= 15 is 0 Å². The van der Waals surface area contributed by atoms with Crippen LogP contribution in [0.3, 0.4) is 0 Å². The van der Waals surface area contributed by atoms with Crippen molar-refractivity contribution >= 4 is 11.8 Å². The summed E-state index contributed by atoms with van der Waals surface area (Å²) in [7, 11) is 0. The highest BCUT2D eigenvalue weighted by Crippen LogP contribution is 2.43. The average Bonchev–Trinajstić information content (AvgIpc) is 3.50. The first-order valence-corrected chi connectivity index (χ1v) is 9.85. The lowest BCUT2D eigenvalue weighted by molar-refractivity contribution is 0.0550. The van der Waals surface area contributed by atoms with Crippen molar-refractivity contribution in [2.45, 2.75) is 42.0 Å². The van der Waals surface area contributed by atoms with Crippen LogP contribution in [0.1, 0.15) is 29.9 Å². The molecule has 4 rings (SSSR count). The Morgan fingerprint density at radius 1 is 1.11 bits per heavy atom. The van der Waals surface area contributed by atoms with Crippen molar-refractivity contribution in [2.75, 3.05) is 0 Å². The van der Waals surface area contributed by atoms with Crippen molar-refractivity contribution in [3.8, 4) is 0 Å². The fourth-order valence-corrected chi connectivity index (χ4v) is 4.15. The lowest BCUT2D eigenvalue weighted by Crippen LogP contribution is -2.34. The third-order valence-corrected chi connectivity index (χ3v) is 5.64. The van der Waals surface area contributed by atoms with Crippen LogP contribution in [0.5, 0.6) is 0 Å². The van der Waals surface area contributed by atoms with Crippen LogP contribution in [0.2, 0.25) is 0 Å². The van der Waals surface area contributed by atoms with Crippen LogP contribution in [0.4, 0.5) is 4.39 Å². The first-order valence-electron chi connectivity index (χ1n) is 9.04. The molecule has 0 amide bonds. The van der Waals surface area contributed by atoms with Gasteiger partial charge in [0.2, 0.25) is 0 Å². The molecule has 1 heterocycles. The van der Waals surface area contributed by atoms with Crippen LogP contribution in [-0.2, 0) is 18.1 Å². The predicted octanol–water partition coefficient (Wildman–Crippen LogP) is 3.88. The van der Waals surface area contributed by atoms with Gasteiger partial charge in [-0.05, 0) is 42.5 Å². The van der Waals surface area contributed by atoms with Crippen LogP contribution < -0.4 is 11.2 Å². The van der Waals surface area contributed by atoms with Crippen molar-refractivity contribution in [2.24, 2.45) is 0 Å². The smallest absolute Gasteiger partial charge is 0.331 e. The fraction of sp³-hybridized carbons (Fsp3) is 0.238. The zero-order chi connectivity index (χ0) is 19.5. The minimum Gasteiger partial charge on any atom is -0.356 e. The van der Waals surface area contributed by atoms with E-state index in [2.05, 4.69) is 4.98 Å². The lowest BCUT2D eigenvalue weighted by atomic mass is 10.2. The molecule has 1 fully saturated rings. The van der Waals surface area contributed by atoms with E-state index in [0.717, 1.165) is 18.4 Å². The molecule has 0 atom stereocenters. The van der Waals surface area contributed by atoms with Crippen molar-refractivity contribution in [1.82, 2.24) is 9.55 Å². The van der Waals surface area contributed by atoms with Crippen molar-refractivity contribution in [3.05, 3.63) is 92.4 Å². The summed E-state index contributed by atoms with van der Waals surface area (Å²) in [6.45, 7) is 0.344. The summed E-state index contributed by atoms with van der Waals surface area (Å²) in [6, 6.07) is 15.7. The molecule has 0 saturated heterocycles. The first-order chi connectivity index (χ1) is 13.6. The largest absolute Gasteiger partial charge is 0.356 e. The number of aromatic amines is 1. The third-order valence-electron chi connectivity index (χ3n) is 4.51. The maximum atomic E-state index is 13.6. The maximum absolute atomic E-state index is 13.6. The molecular formula is C21H19FN2O3S. The quantitative estimate of drug-likeness (QED) is 0.614. The van der Waals surface area contributed by atoms with Crippen molar-refractivity contribution in [1.29, 1.82) is 0 Å². The standard InChI is InChI=1S/C21H19FN2O3S/c22-16-7-4-8-17(11-16)28-20-18(15-9-10-15)19(25)23-21(26)24(20)13-27-12-14-5-2-1-3-6-14/h1-8,11,15H,9-10,12-13H2,(H,23,25,26). The second-order valence-corrected chi connectivity index (χ2v) is 7.77. The molecule has 1 aliphatic rings. The number of aromatic nitrogens is 2. The molecule has 3 aromatic rings.